The Labute approximate surface area is 107 Å². The monoisotopic (exact) mass is 251 g/mol. The topological polar surface area (TPSA) is 66.4 Å². The lowest BCUT2D eigenvalue weighted by Crippen LogP contribution is -2.44. The molecule has 4 atom stereocenters. The van der Waals surface area contributed by atoms with Crippen LogP contribution in [0.3, 0.4) is 0 Å². The molecule has 4 nitrogen and oxygen atoms in total. The summed E-state index contributed by atoms with van der Waals surface area (Å²) in [6.45, 7) is 2.02. The largest absolute Gasteiger partial charge is 0.480 e. The smallest absolute Gasteiger partial charge is 0.326 e. The molecule has 4 unspecified atom stereocenters. The van der Waals surface area contributed by atoms with Crippen LogP contribution >= 0.6 is 0 Å². The predicted molar refractivity (Wildman–Crippen MR) is 67.9 cm³/mol. The molecule has 4 heteroatoms. The summed E-state index contributed by atoms with van der Waals surface area (Å²) in [7, 11) is 0. The van der Waals surface area contributed by atoms with Gasteiger partial charge in [0, 0.05) is 5.92 Å². The van der Waals surface area contributed by atoms with Crippen molar-refractivity contribution in [2.24, 2.45) is 17.8 Å². The number of carboxylic acids is 1. The molecule has 18 heavy (non-hydrogen) atoms. The van der Waals surface area contributed by atoms with Crippen molar-refractivity contribution < 1.29 is 14.7 Å². The molecule has 0 aliphatic heterocycles. The number of fused-ring (bicyclic) bond motifs is 2. The van der Waals surface area contributed by atoms with Crippen LogP contribution in [-0.2, 0) is 9.59 Å². The van der Waals surface area contributed by atoms with E-state index in [0.29, 0.717) is 18.3 Å². The van der Waals surface area contributed by atoms with E-state index in [1.54, 1.807) is 0 Å². The first-order chi connectivity index (χ1) is 8.61. The fourth-order valence-electron chi connectivity index (χ4n) is 3.03. The van der Waals surface area contributed by atoms with Crippen LogP contribution in [0.2, 0.25) is 0 Å². The van der Waals surface area contributed by atoms with Gasteiger partial charge in [0.1, 0.15) is 6.04 Å². The lowest BCUT2D eigenvalue weighted by molar-refractivity contribution is -0.142. The molecule has 0 aromatic heterocycles. The molecule has 2 aliphatic rings. The van der Waals surface area contributed by atoms with Gasteiger partial charge in [0.2, 0.25) is 5.91 Å². The average molecular weight is 251 g/mol. The summed E-state index contributed by atoms with van der Waals surface area (Å²) in [5.74, 6) is -0.144. The summed E-state index contributed by atoms with van der Waals surface area (Å²) in [4.78, 5) is 23.2. The fraction of sp³-hybridized carbons (Fsp3) is 0.714. The van der Waals surface area contributed by atoms with Crippen molar-refractivity contribution in [3.8, 4) is 0 Å². The molecule has 0 spiro atoms. The van der Waals surface area contributed by atoms with Crippen molar-refractivity contribution in [1.29, 1.82) is 0 Å². The second-order valence-electron chi connectivity index (χ2n) is 5.43. The minimum absolute atomic E-state index is 0.0107. The molecule has 0 saturated heterocycles. The Kier molecular flexibility index (Phi) is 4.04. The fourth-order valence-corrected chi connectivity index (χ4v) is 3.03. The second kappa shape index (κ2) is 5.55. The summed E-state index contributed by atoms with van der Waals surface area (Å²) in [5, 5.41) is 11.8. The Bertz CT molecular complexity index is 364. The number of carboxylic acid groups (broad SMARTS) is 1. The number of hydrogen-bond donors (Lipinski definition) is 2. The van der Waals surface area contributed by atoms with Crippen molar-refractivity contribution in [3.05, 3.63) is 12.2 Å². The maximum atomic E-state index is 12.1. The lowest BCUT2D eigenvalue weighted by atomic mass is 9.92. The Morgan fingerprint density at radius 2 is 2.17 bits per heavy atom. The third kappa shape index (κ3) is 2.74. The van der Waals surface area contributed by atoms with E-state index in [0.717, 1.165) is 25.7 Å². The zero-order valence-electron chi connectivity index (χ0n) is 10.8. The standard InChI is InChI=1S/C14H21NO3/c1-2-3-4-12(14(17)18)15-13(16)11-8-9-5-6-10(11)7-9/h5-6,9-12H,2-4,7-8H2,1H3,(H,15,16)(H,17,18). The van der Waals surface area contributed by atoms with E-state index in [4.69, 9.17) is 5.11 Å². The van der Waals surface area contributed by atoms with Gasteiger partial charge in [0.05, 0.1) is 0 Å². The number of nitrogens with one attached hydrogen (secondary N) is 1. The van der Waals surface area contributed by atoms with E-state index < -0.39 is 12.0 Å². The molecule has 0 radical (unpaired) electrons. The number of aliphatic carboxylic acids is 1. The molecule has 1 amide bonds. The van der Waals surface area contributed by atoms with Crippen molar-refractivity contribution in [2.45, 2.75) is 45.1 Å². The number of amides is 1. The van der Waals surface area contributed by atoms with Gasteiger partial charge < -0.3 is 10.4 Å². The minimum Gasteiger partial charge on any atom is -0.480 e. The molecule has 0 aromatic carbocycles. The Balaban J connectivity index is 1.89. The summed E-state index contributed by atoms with van der Waals surface area (Å²) in [6, 6.07) is -0.722. The highest BCUT2D eigenvalue weighted by atomic mass is 16.4. The van der Waals surface area contributed by atoms with Gasteiger partial charge in [-0.3, -0.25) is 4.79 Å². The van der Waals surface area contributed by atoms with E-state index >= 15 is 0 Å². The van der Waals surface area contributed by atoms with Crippen LogP contribution in [0, 0.1) is 17.8 Å². The summed E-state index contributed by atoms with van der Waals surface area (Å²) < 4.78 is 0. The van der Waals surface area contributed by atoms with Crippen LogP contribution in [0.1, 0.15) is 39.0 Å². The third-order valence-corrected chi connectivity index (χ3v) is 4.08. The van der Waals surface area contributed by atoms with Crippen molar-refractivity contribution >= 4 is 11.9 Å². The number of carbonyl (C=O) groups is 2. The van der Waals surface area contributed by atoms with Gasteiger partial charge in [-0.15, -0.1) is 0 Å². The SMILES string of the molecule is CCCCC(NC(=O)C1CC2C=CC1C2)C(=O)O. The number of rotatable bonds is 6. The van der Waals surface area contributed by atoms with E-state index in [-0.39, 0.29) is 11.8 Å². The molecule has 100 valence electrons. The molecule has 1 fully saturated rings. The molecule has 0 aromatic rings. The predicted octanol–water partition coefficient (Wildman–Crippen LogP) is 1.96. The van der Waals surface area contributed by atoms with Crippen LogP contribution in [0.4, 0.5) is 0 Å². The molecule has 2 bridgehead atoms. The maximum Gasteiger partial charge on any atom is 0.326 e. The number of unbranched alkanes of at least 4 members (excludes halogenated alkanes) is 1. The third-order valence-electron chi connectivity index (χ3n) is 4.08. The van der Waals surface area contributed by atoms with Gasteiger partial charge in [-0.2, -0.15) is 0 Å². The zero-order chi connectivity index (χ0) is 13.1. The highest BCUT2D eigenvalue weighted by Gasteiger charge is 2.40. The van der Waals surface area contributed by atoms with Crippen molar-refractivity contribution in [2.75, 3.05) is 0 Å². The molecular formula is C14H21NO3. The van der Waals surface area contributed by atoms with Crippen molar-refractivity contribution in [1.82, 2.24) is 5.32 Å². The van der Waals surface area contributed by atoms with Crippen LogP contribution in [0.15, 0.2) is 12.2 Å². The lowest BCUT2D eigenvalue weighted by Gasteiger charge is -2.21. The van der Waals surface area contributed by atoms with Gasteiger partial charge in [-0.05, 0) is 31.1 Å². The highest BCUT2D eigenvalue weighted by molar-refractivity contribution is 5.85. The Morgan fingerprint density at radius 3 is 2.67 bits per heavy atom. The highest BCUT2D eigenvalue weighted by Crippen LogP contribution is 2.43. The van der Waals surface area contributed by atoms with Gasteiger partial charge in [0.25, 0.3) is 0 Å². The van der Waals surface area contributed by atoms with Crippen molar-refractivity contribution in [3.63, 3.8) is 0 Å². The van der Waals surface area contributed by atoms with Crippen LogP contribution in [0.25, 0.3) is 0 Å². The average Bonchev–Trinajstić information content (AvgIpc) is 2.95. The molecule has 0 heterocycles. The number of hydrogen-bond acceptors (Lipinski definition) is 2. The van der Waals surface area contributed by atoms with Crippen LogP contribution in [0.5, 0.6) is 0 Å². The van der Waals surface area contributed by atoms with Gasteiger partial charge in [0.15, 0.2) is 0 Å². The maximum absolute atomic E-state index is 12.1. The minimum atomic E-state index is -0.921. The second-order valence-corrected chi connectivity index (χ2v) is 5.43. The first-order valence-electron chi connectivity index (χ1n) is 6.83. The molecule has 2 N–H and O–H groups in total. The summed E-state index contributed by atoms with van der Waals surface area (Å²) in [6.07, 6.45) is 8.52. The Hall–Kier alpha value is -1.32. The quantitative estimate of drug-likeness (QED) is 0.709. The molecule has 2 aliphatic carbocycles. The summed E-state index contributed by atoms with van der Waals surface area (Å²) >= 11 is 0. The van der Waals surface area contributed by atoms with Gasteiger partial charge in [-0.25, -0.2) is 4.79 Å². The van der Waals surface area contributed by atoms with Gasteiger partial charge in [-0.1, -0.05) is 31.9 Å². The van der Waals surface area contributed by atoms with Gasteiger partial charge >= 0.3 is 5.97 Å². The molecular weight excluding hydrogens is 230 g/mol. The van der Waals surface area contributed by atoms with E-state index in [9.17, 15) is 9.59 Å². The van der Waals surface area contributed by atoms with E-state index in [2.05, 4.69) is 17.5 Å². The summed E-state index contributed by atoms with van der Waals surface area (Å²) in [5.41, 5.74) is 0. The molecule has 2 rings (SSSR count). The van der Waals surface area contributed by atoms with Crippen LogP contribution < -0.4 is 5.32 Å². The van der Waals surface area contributed by atoms with E-state index in [1.165, 1.54) is 0 Å². The number of allylic oxidation sites excluding steroid dienone is 2. The number of carbonyl (C=O) groups excluding carboxylic acids is 1. The zero-order valence-corrected chi connectivity index (χ0v) is 10.8. The van der Waals surface area contributed by atoms with E-state index in [1.807, 2.05) is 6.92 Å². The Morgan fingerprint density at radius 1 is 1.39 bits per heavy atom. The van der Waals surface area contributed by atoms with Crippen LogP contribution in [-0.4, -0.2) is 23.0 Å². The first kappa shape index (κ1) is 13.1. The normalized spacial score (nSPS) is 30.4. The first-order valence-corrected chi connectivity index (χ1v) is 6.83. The molecule has 1 saturated carbocycles.